The van der Waals surface area contributed by atoms with Gasteiger partial charge in [-0.1, -0.05) is 6.07 Å². The first-order valence-corrected chi connectivity index (χ1v) is 6.82. The van der Waals surface area contributed by atoms with Crippen LogP contribution in [0.1, 0.15) is 12.0 Å². The molecule has 19 heavy (non-hydrogen) atoms. The van der Waals surface area contributed by atoms with Crippen LogP contribution in [0.2, 0.25) is 0 Å². The zero-order valence-corrected chi connectivity index (χ0v) is 12.1. The molecule has 1 aromatic rings. The molecule has 1 aliphatic rings. The molecule has 2 rings (SSSR count). The van der Waals surface area contributed by atoms with Crippen LogP contribution in [0.4, 0.5) is 5.69 Å². The third-order valence-corrected chi connectivity index (χ3v) is 3.37. The molecule has 1 saturated heterocycles. The number of ether oxygens (including phenoxy) is 2. The van der Waals surface area contributed by atoms with Crippen molar-refractivity contribution in [3.05, 3.63) is 23.8 Å². The number of rotatable bonds is 6. The van der Waals surface area contributed by atoms with Gasteiger partial charge >= 0.3 is 0 Å². The van der Waals surface area contributed by atoms with Crippen LogP contribution in [0.5, 0.6) is 5.75 Å². The summed E-state index contributed by atoms with van der Waals surface area (Å²) in [7, 11) is 5.87. The molecule has 0 spiro atoms. The van der Waals surface area contributed by atoms with Gasteiger partial charge in [0.2, 0.25) is 0 Å². The minimum absolute atomic E-state index is 0.613. The number of hydrogen-bond acceptors (Lipinski definition) is 4. The smallest absolute Gasteiger partial charge is 0.141 e. The van der Waals surface area contributed by atoms with Gasteiger partial charge in [0.05, 0.1) is 19.4 Å². The largest absolute Gasteiger partial charge is 0.495 e. The maximum absolute atomic E-state index is 5.41. The zero-order valence-electron chi connectivity index (χ0n) is 12.1. The van der Waals surface area contributed by atoms with Crippen LogP contribution in [0.25, 0.3) is 0 Å². The van der Waals surface area contributed by atoms with E-state index in [1.54, 1.807) is 7.11 Å². The summed E-state index contributed by atoms with van der Waals surface area (Å²) in [5, 5.41) is 3.50. The minimum atomic E-state index is 0.613. The summed E-state index contributed by atoms with van der Waals surface area (Å²) in [5.41, 5.74) is 2.37. The van der Waals surface area contributed by atoms with Gasteiger partial charge in [0.25, 0.3) is 0 Å². The molecule has 1 heterocycles. The Bertz CT molecular complexity index is 401. The lowest BCUT2D eigenvalue weighted by atomic mass is 10.1. The molecule has 0 saturated carbocycles. The van der Waals surface area contributed by atoms with Crippen molar-refractivity contribution in [1.82, 2.24) is 4.90 Å². The maximum Gasteiger partial charge on any atom is 0.141 e. The highest BCUT2D eigenvalue weighted by atomic mass is 16.5. The van der Waals surface area contributed by atoms with Gasteiger partial charge in [-0.05, 0) is 38.2 Å². The topological polar surface area (TPSA) is 33.7 Å². The second-order valence-electron chi connectivity index (χ2n) is 5.38. The molecule has 1 aromatic carbocycles. The Labute approximate surface area is 115 Å². The Kier molecular flexibility index (Phi) is 5.05. The van der Waals surface area contributed by atoms with Gasteiger partial charge in [0.1, 0.15) is 5.75 Å². The van der Waals surface area contributed by atoms with Crippen LogP contribution in [-0.2, 0) is 11.3 Å². The zero-order chi connectivity index (χ0) is 13.7. The van der Waals surface area contributed by atoms with Crippen LogP contribution in [0.3, 0.4) is 0 Å². The summed E-state index contributed by atoms with van der Waals surface area (Å²) in [4.78, 5) is 2.16. The summed E-state index contributed by atoms with van der Waals surface area (Å²) < 4.78 is 10.8. The van der Waals surface area contributed by atoms with Gasteiger partial charge < -0.3 is 19.7 Å². The average Bonchev–Trinajstić information content (AvgIpc) is 2.89. The third kappa shape index (κ3) is 4.11. The van der Waals surface area contributed by atoms with Crippen LogP contribution < -0.4 is 10.1 Å². The molecule has 1 aliphatic heterocycles. The van der Waals surface area contributed by atoms with E-state index in [2.05, 4.69) is 36.4 Å². The first-order chi connectivity index (χ1) is 9.19. The molecular weight excluding hydrogens is 240 g/mol. The lowest BCUT2D eigenvalue weighted by Gasteiger charge is -2.16. The predicted octanol–water partition coefficient (Wildman–Crippen LogP) is 2.21. The minimum Gasteiger partial charge on any atom is -0.495 e. The Morgan fingerprint density at radius 3 is 2.89 bits per heavy atom. The van der Waals surface area contributed by atoms with Gasteiger partial charge in [-0.15, -0.1) is 0 Å². The molecule has 4 nitrogen and oxygen atoms in total. The van der Waals surface area contributed by atoms with E-state index in [1.165, 1.54) is 5.56 Å². The molecular formula is C15H24N2O2. The molecule has 0 radical (unpaired) electrons. The Morgan fingerprint density at radius 2 is 2.26 bits per heavy atom. The third-order valence-electron chi connectivity index (χ3n) is 3.37. The predicted molar refractivity (Wildman–Crippen MR) is 77.8 cm³/mol. The van der Waals surface area contributed by atoms with E-state index in [0.29, 0.717) is 5.92 Å². The van der Waals surface area contributed by atoms with Crippen molar-refractivity contribution in [3.8, 4) is 5.75 Å². The van der Waals surface area contributed by atoms with E-state index in [1.807, 2.05) is 6.07 Å². The lowest BCUT2D eigenvalue weighted by molar-refractivity contribution is 0.187. The van der Waals surface area contributed by atoms with Gasteiger partial charge in [0.15, 0.2) is 0 Å². The number of hydrogen-bond donors (Lipinski definition) is 1. The van der Waals surface area contributed by atoms with Crippen molar-refractivity contribution in [2.45, 2.75) is 13.0 Å². The number of nitrogens with one attached hydrogen (secondary N) is 1. The average molecular weight is 264 g/mol. The van der Waals surface area contributed by atoms with E-state index in [9.17, 15) is 0 Å². The highest BCUT2D eigenvalue weighted by molar-refractivity contribution is 5.58. The van der Waals surface area contributed by atoms with Crippen molar-refractivity contribution in [1.29, 1.82) is 0 Å². The van der Waals surface area contributed by atoms with E-state index in [4.69, 9.17) is 9.47 Å². The monoisotopic (exact) mass is 264 g/mol. The molecule has 1 fully saturated rings. The fourth-order valence-corrected chi connectivity index (χ4v) is 2.36. The second-order valence-corrected chi connectivity index (χ2v) is 5.38. The van der Waals surface area contributed by atoms with E-state index in [0.717, 1.165) is 44.2 Å². The summed E-state index contributed by atoms with van der Waals surface area (Å²) in [6.45, 7) is 3.64. The Hall–Kier alpha value is -1.26. The molecule has 4 heteroatoms. The van der Waals surface area contributed by atoms with E-state index < -0.39 is 0 Å². The maximum atomic E-state index is 5.41. The fraction of sp³-hybridized carbons (Fsp3) is 0.600. The van der Waals surface area contributed by atoms with Crippen molar-refractivity contribution in [2.24, 2.45) is 5.92 Å². The van der Waals surface area contributed by atoms with E-state index in [-0.39, 0.29) is 0 Å². The SMILES string of the molecule is COc1ccc(CN(C)C)cc1NCC1CCOC1. The molecule has 0 bridgehead atoms. The number of benzene rings is 1. The molecule has 0 aromatic heterocycles. The van der Waals surface area contributed by atoms with E-state index >= 15 is 0 Å². The molecule has 0 amide bonds. The van der Waals surface area contributed by atoms with Crippen LogP contribution in [0, 0.1) is 5.92 Å². The Morgan fingerprint density at radius 1 is 1.42 bits per heavy atom. The second kappa shape index (κ2) is 6.78. The summed E-state index contributed by atoms with van der Waals surface area (Å²) in [5.74, 6) is 1.52. The molecule has 1 unspecified atom stereocenters. The van der Waals surface area contributed by atoms with Crippen molar-refractivity contribution < 1.29 is 9.47 Å². The highest BCUT2D eigenvalue weighted by Crippen LogP contribution is 2.26. The van der Waals surface area contributed by atoms with Crippen molar-refractivity contribution in [3.63, 3.8) is 0 Å². The van der Waals surface area contributed by atoms with Crippen LogP contribution in [-0.4, -0.2) is 45.9 Å². The fourth-order valence-electron chi connectivity index (χ4n) is 2.36. The summed E-state index contributed by atoms with van der Waals surface area (Å²) >= 11 is 0. The number of nitrogens with zero attached hydrogens (tertiary/aromatic N) is 1. The van der Waals surface area contributed by atoms with Crippen LogP contribution >= 0.6 is 0 Å². The highest BCUT2D eigenvalue weighted by Gasteiger charge is 2.16. The van der Waals surface area contributed by atoms with Gasteiger partial charge in [-0.2, -0.15) is 0 Å². The van der Waals surface area contributed by atoms with Crippen LogP contribution in [0.15, 0.2) is 18.2 Å². The molecule has 1 N–H and O–H groups in total. The number of anilines is 1. The first-order valence-electron chi connectivity index (χ1n) is 6.82. The van der Waals surface area contributed by atoms with Gasteiger partial charge in [0, 0.05) is 25.6 Å². The van der Waals surface area contributed by atoms with Crippen molar-refractivity contribution >= 4 is 5.69 Å². The summed E-state index contributed by atoms with van der Waals surface area (Å²) in [6.07, 6.45) is 1.15. The standard InChI is InChI=1S/C15H24N2O2/c1-17(2)10-12-4-5-15(18-3)14(8-12)16-9-13-6-7-19-11-13/h4-5,8,13,16H,6-7,9-11H2,1-3H3. The first kappa shape index (κ1) is 14.2. The van der Waals surface area contributed by atoms with Gasteiger partial charge in [-0.3, -0.25) is 0 Å². The molecule has 0 aliphatic carbocycles. The van der Waals surface area contributed by atoms with Gasteiger partial charge in [-0.25, -0.2) is 0 Å². The molecule has 106 valence electrons. The quantitative estimate of drug-likeness (QED) is 0.854. The normalized spacial score (nSPS) is 18.8. The summed E-state index contributed by atoms with van der Waals surface area (Å²) in [6, 6.07) is 6.32. The Balaban J connectivity index is 2.02. The van der Waals surface area contributed by atoms with Crippen molar-refractivity contribution in [2.75, 3.05) is 46.3 Å². The number of methoxy groups -OCH3 is 1. The lowest BCUT2D eigenvalue weighted by Crippen LogP contribution is -2.15. The molecule has 1 atom stereocenters.